The van der Waals surface area contributed by atoms with E-state index in [9.17, 15) is 4.79 Å². The van der Waals surface area contributed by atoms with Gasteiger partial charge in [-0.15, -0.1) is 24.0 Å². The van der Waals surface area contributed by atoms with E-state index in [0.717, 1.165) is 36.7 Å². The maximum Gasteiger partial charge on any atom is 0.221 e. The number of halogens is 1. The molecule has 0 saturated heterocycles. The van der Waals surface area contributed by atoms with Crippen molar-refractivity contribution in [1.82, 2.24) is 16.0 Å². The van der Waals surface area contributed by atoms with Gasteiger partial charge in [0, 0.05) is 38.2 Å². The molecule has 0 atom stereocenters. The molecule has 7 heteroatoms. The van der Waals surface area contributed by atoms with Gasteiger partial charge in [-0.1, -0.05) is 25.0 Å². The number of rotatable bonds is 9. The van der Waals surface area contributed by atoms with Crippen molar-refractivity contribution in [2.24, 2.45) is 10.9 Å². The zero-order valence-corrected chi connectivity index (χ0v) is 20.0. The van der Waals surface area contributed by atoms with E-state index < -0.39 is 0 Å². The first-order valence-corrected chi connectivity index (χ1v) is 10.6. The van der Waals surface area contributed by atoms with E-state index in [1.807, 2.05) is 0 Å². The molecular formula is C22H35IN4O2. The third kappa shape index (κ3) is 8.40. The molecule has 2 fully saturated rings. The SMILES string of the molecule is CN=C(NCCC(=O)NC1CCCC1)NCc1ccc(C)cc1OCC1CC1.I. The first-order valence-electron chi connectivity index (χ1n) is 10.6. The fourth-order valence-corrected chi connectivity index (χ4v) is 3.50. The lowest BCUT2D eigenvalue weighted by Crippen LogP contribution is -2.40. The first-order chi connectivity index (χ1) is 13.6. The average molecular weight is 514 g/mol. The summed E-state index contributed by atoms with van der Waals surface area (Å²) in [4.78, 5) is 16.3. The number of nitrogens with one attached hydrogen (secondary N) is 3. The number of guanidine groups is 1. The molecule has 0 unspecified atom stereocenters. The topological polar surface area (TPSA) is 74.8 Å². The summed E-state index contributed by atoms with van der Waals surface area (Å²) in [5.74, 6) is 2.49. The number of nitrogens with zero attached hydrogens (tertiary/aromatic N) is 1. The van der Waals surface area contributed by atoms with Crippen LogP contribution in [0.4, 0.5) is 0 Å². The van der Waals surface area contributed by atoms with Crippen LogP contribution in [0.15, 0.2) is 23.2 Å². The Balaban J connectivity index is 0.00000300. The fourth-order valence-electron chi connectivity index (χ4n) is 3.50. The van der Waals surface area contributed by atoms with Crippen LogP contribution in [0, 0.1) is 12.8 Å². The summed E-state index contributed by atoms with van der Waals surface area (Å²) in [6.07, 6.45) is 7.70. The minimum atomic E-state index is 0. The van der Waals surface area contributed by atoms with Gasteiger partial charge < -0.3 is 20.7 Å². The number of ether oxygens (including phenoxy) is 1. The molecule has 162 valence electrons. The van der Waals surface area contributed by atoms with Gasteiger partial charge in [-0.3, -0.25) is 9.79 Å². The summed E-state index contributed by atoms with van der Waals surface area (Å²) < 4.78 is 6.03. The molecule has 0 aliphatic heterocycles. The molecule has 29 heavy (non-hydrogen) atoms. The van der Waals surface area contributed by atoms with Crippen LogP contribution in [0.1, 0.15) is 56.1 Å². The summed E-state index contributed by atoms with van der Waals surface area (Å²) >= 11 is 0. The lowest BCUT2D eigenvalue weighted by atomic mass is 10.1. The van der Waals surface area contributed by atoms with Crippen molar-refractivity contribution in [2.75, 3.05) is 20.2 Å². The number of aliphatic imine (C=N–C) groups is 1. The molecule has 2 aliphatic rings. The maximum absolute atomic E-state index is 12.0. The van der Waals surface area contributed by atoms with Crippen molar-refractivity contribution in [3.8, 4) is 5.75 Å². The number of carbonyl (C=O) groups excluding carboxylic acids is 1. The second-order valence-electron chi connectivity index (χ2n) is 8.02. The molecular weight excluding hydrogens is 479 g/mol. The fraction of sp³-hybridized carbons (Fsp3) is 0.636. The summed E-state index contributed by atoms with van der Waals surface area (Å²) in [6.45, 7) is 4.09. The van der Waals surface area contributed by atoms with Gasteiger partial charge in [0.25, 0.3) is 0 Å². The van der Waals surface area contributed by atoms with Gasteiger partial charge in [-0.2, -0.15) is 0 Å². The number of hydrogen-bond acceptors (Lipinski definition) is 3. The quantitative estimate of drug-likeness (QED) is 0.268. The molecule has 2 saturated carbocycles. The zero-order valence-electron chi connectivity index (χ0n) is 17.6. The standard InChI is InChI=1S/C22H34N4O2.HI/c1-16-7-10-18(20(13-16)28-15-17-8-9-17)14-25-22(23-2)24-12-11-21(27)26-19-5-3-4-6-19;/h7,10,13,17,19H,3-6,8-9,11-12,14-15H2,1-2H3,(H,26,27)(H2,23,24,25);1H. The van der Waals surface area contributed by atoms with Crippen molar-refractivity contribution in [2.45, 2.75) is 64.5 Å². The van der Waals surface area contributed by atoms with Crippen LogP contribution in [-0.2, 0) is 11.3 Å². The van der Waals surface area contributed by atoms with Crippen LogP contribution in [0.3, 0.4) is 0 Å². The molecule has 1 amide bonds. The molecule has 2 aliphatic carbocycles. The van der Waals surface area contributed by atoms with Gasteiger partial charge in [0.15, 0.2) is 5.96 Å². The van der Waals surface area contributed by atoms with Crippen LogP contribution in [0.2, 0.25) is 0 Å². The Morgan fingerprint density at radius 3 is 2.62 bits per heavy atom. The van der Waals surface area contributed by atoms with Crippen molar-refractivity contribution >= 4 is 35.8 Å². The van der Waals surface area contributed by atoms with Crippen LogP contribution >= 0.6 is 24.0 Å². The number of benzene rings is 1. The van der Waals surface area contributed by atoms with Crippen LogP contribution in [-0.4, -0.2) is 38.1 Å². The van der Waals surface area contributed by atoms with E-state index in [1.165, 1.54) is 31.2 Å². The Morgan fingerprint density at radius 1 is 1.17 bits per heavy atom. The molecule has 0 radical (unpaired) electrons. The first kappa shape index (κ1) is 23.8. The Bertz CT molecular complexity index is 685. The highest BCUT2D eigenvalue weighted by Gasteiger charge is 2.22. The Labute approximate surface area is 191 Å². The van der Waals surface area contributed by atoms with Gasteiger partial charge in [0.05, 0.1) is 6.61 Å². The highest BCUT2D eigenvalue weighted by atomic mass is 127. The van der Waals surface area contributed by atoms with Crippen molar-refractivity contribution in [3.63, 3.8) is 0 Å². The molecule has 0 spiro atoms. The zero-order chi connectivity index (χ0) is 19.8. The molecule has 1 aromatic rings. The van der Waals surface area contributed by atoms with E-state index in [4.69, 9.17) is 4.74 Å². The third-order valence-corrected chi connectivity index (χ3v) is 5.43. The molecule has 6 nitrogen and oxygen atoms in total. The monoisotopic (exact) mass is 514 g/mol. The van der Waals surface area contributed by atoms with E-state index in [2.05, 4.69) is 46.1 Å². The normalized spacial score (nSPS) is 16.8. The third-order valence-electron chi connectivity index (χ3n) is 5.43. The van der Waals surface area contributed by atoms with E-state index in [0.29, 0.717) is 31.5 Å². The van der Waals surface area contributed by atoms with E-state index in [1.54, 1.807) is 7.05 Å². The molecule has 0 bridgehead atoms. The molecule has 0 heterocycles. The molecule has 3 N–H and O–H groups in total. The van der Waals surface area contributed by atoms with Gasteiger partial charge in [0.2, 0.25) is 5.91 Å². The highest BCUT2D eigenvalue weighted by Crippen LogP contribution is 2.30. The Hall–Kier alpha value is -1.51. The second kappa shape index (κ2) is 12.2. The van der Waals surface area contributed by atoms with Crippen LogP contribution in [0.25, 0.3) is 0 Å². The van der Waals surface area contributed by atoms with Crippen molar-refractivity contribution in [1.29, 1.82) is 0 Å². The molecule has 3 rings (SSSR count). The predicted octanol–water partition coefficient (Wildman–Crippen LogP) is 3.52. The summed E-state index contributed by atoms with van der Waals surface area (Å²) in [5, 5.41) is 9.66. The second-order valence-corrected chi connectivity index (χ2v) is 8.02. The maximum atomic E-state index is 12.0. The number of amides is 1. The average Bonchev–Trinajstić information content (AvgIpc) is 3.38. The summed E-state index contributed by atoms with van der Waals surface area (Å²) in [7, 11) is 1.74. The summed E-state index contributed by atoms with van der Waals surface area (Å²) in [6, 6.07) is 6.68. The minimum absolute atomic E-state index is 0. The van der Waals surface area contributed by atoms with Crippen LogP contribution in [0.5, 0.6) is 5.75 Å². The van der Waals surface area contributed by atoms with Crippen molar-refractivity contribution in [3.05, 3.63) is 29.3 Å². The van der Waals surface area contributed by atoms with Gasteiger partial charge in [-0.05, 0) is 50.2 Å². The smallest absolute Gasteiger partial charge is 0.221 e. The molecule has 0 aromatic heterocycles. The van der Waals surface area contributed by atoms with Crippen LogP contribution < -0.4 is 20.7 Å². The lowest BCUT2D eigenvalue weighted by molar-refractivity contribution is -0.121. The number of carbonyl (C=O) groups is 1. The van der Waals surface area contributed by atoms with E-state index in [-0.39, 0.29) is 29.9 Å². The Kier molecular flexibility index (Phi) is 10.0. The minimum Gasteiger partial charge on any atom is -0.493 e. The largest absolute Gasteiger partial charge is 0.493 e. The van der Waals surface area contributed by atoms with Gasteiger partial charge in [0.1, 0.15) is 5.75 Å². The predicted molar refractivity (Wildman–Crippen MR) is 128 cm³/mol. The molecule has 1 aromatic carbocycles. The highest BCUT2D eigenvalue weighted by molar-refractivity contribution is 14.0. The van der Waals surface area contributed by atoms with Gasteiger partial charge >= 0.3 is 0 Å². The van der Waals surface area contributed by atoms with E-state index >= 15 is 0 Å². The van der Waals surface area contributed by atoms with Crippen molar-refractivity contribution < 1.29 is 9.53 Å². The summed E-state index contributed by atoms with van der Waals surface area (Å²) in [5.41, 5.74) is 2.32. The number of aryl methyl sites for hydroxylation is 1. The lowest BCUT2D eigenvalue weighted by Gasteiger charge is -2.16. The number of hydrogen-bond donors (Lipinski definition) is 3. The Morgan fingerprint density at radius 2 is 1.93 bits per heavy atom. The van der Waals surface area contributed by atoms with Gasteiger partial charge in [-0.25, -0.2) is 0 Å².